The van der Waals surface area contributed by atoms with Crippen LogP contribution in [-0.2, 0) is 5.33 Å². The second kappa shape index (κ2) is 3.90. The van der Waals surface area contributed by atoms with Crippen LogP contribution < -0.4 is 15.5 Å². The Kier molecular flexibility index (Phi) is 3.11. The van der Waals surface area contributed by atoms with Crippen molar-refractivity contribution in [1.82, 2.24) is 0 Å². The van der Waals surface area contributed by atoms with Crippen LogP contribution in [0.1, 0.15) is 5.56 Å². The molecule has 0 fully saturated rings. The average Bonchev–Trinajstić information content (AvgIpc) is 2.05. The van der Waals surface area contributed by atoms with E-state index in [2.05, 4.69) is 15.9 Å². The first-order valence-electron chi connectivity index (χ1n) is 3.20. The van der Waals surface area contributed by atoms with Crippen LogP contribution in [-0.4, -0.2) is 7.12 Å². The zero-order valence-electron chi connectivity index (χ0n) is 5.79. The van der Waals surface area contributed by atoms with Crippen LogP contribution in [0.5, 0.6) is 0 Å². The molecular weight excluding hydrogens is 207 g/mol. The van der Waals surface area contributed by atoms with Gasteiger partial charge in [-0.05, 0) is 5.56 Å². The molecule has 0 aliphatic rings. The van der Waals surface area contributed by atoms with Crippen molar-refractivity contribution in [2.24, 2.45) is 0 Å². The van der Waals surface area contributed by atoms with Gasteiger partial charge in [-0.3, -0.25) is 0 Å². The van der Waals surface area contributed by atoms with E-state index in [-0.39, 0.29) is 0 Å². The zero-order chi connectivity index (χ0) is 8.27. The van der Waals surface area contributed by atoms with E-state index < -0.39 is 7.12 Å². The highest BCUT2D eigenvalue weighted by Crippen LogP contribution is 2.01. The van der Waals surface area contributed by atoms with E-state index in [1.807, 2.05) is 0 Å². The lowest BCUT2D eigenvalue weighted by molar-refractivity contribution is -0.341. The number of halogens is 1. The van der Waals surface area contributed by atoms with Gasteiger partial charge in [-0.1, -0.05) is 47.3 Å². The fraction of sp³-hybridized carbons (Fsp3) is 0.143. The van der Waals surface area contributed by atoms with Crippen molar-refractivity contribution in [3.05, 3.63) is 29.8 Å². The van der Waals surface area contributed by atoms with Crippen LogP contribution in [0.15, 0.2) is 24.3 Å². The van der Waals surface area contributed by atoms with Gasteiger partial charge in [-0.2, -0.15) is 0 Å². The molecule has 0 bridgehead atoms. The topological polar surface area (TPSA) is 46.1 Å². The summed E-state index contributed by atoms with van der Waals surface area (Å²) < 4.78 is 0. The Morgan fingerprint density at radius 3 is 2.09 bits per heavy atom. The van der Waals surface area contributed by atoms with Crippen LogP contribution in [0.25, 0.3) is 0 Å². The first kappa shape index (κ1) is 8.78. The second-order valence-electron chi connectivity index (χ2n) is 2.21. The highest BCUT2D eigenvalue weighted by molar-refractivity contribution is 9.08. The van der Waals surface area contributed by atoms with Crippen molar-refractivity contribution in [3.8, 4) is 0 Å². The van der Waals surface area contributed by atoms with Gasteiger partial charge in [0, 0.05) is 5.33 Å². The molecule has 1 aromatic rings. The van der Waals surface area contributed by atoms with Gasteiger partial charge in [0.05, 0.1) is 0 Å². The maximum Gasteiger partial charge on any atom is 0.0283 e. The molecule has 0 spiro atoms. The second-order valence-corrected chi connectivity index (χ2v) is 2.77. The maximum absolute atomic E-state index is 10.4. The number of rotatable bonds is 2. The predicted octanol–water partition coefficient (Wildman–Crippen LogP) is -1.00. The summed E-state index contributed by atoms with van der Waals surface area (Å²) >= 11 is 3.26. The molecule has 2 nitrogen and oxygen atoms in total. The Hall–Kier alpha value is -0.315. The Morgan fingerprint density at radius 1 is 1.18 bits per heavy atom. The van der Waals surface area contributed by atoms with E-state index in [4.69, 9.17) is 0 Å². The van der Waals surface area contributed by atoms with E-state index in [9.17, 15) is 10.0 Å². The normalized spacial score (nSPS) is 9.73. The molecule has 0 saturated heterocycles. The van der Waals surface area contributed by atoms with Gasteiger partial charge < -0.3 is 10.0 Å². The molecular formula is C7H6BBrO2-2. The number of alkyl halides is 1. The predicted molar refractivity (Wildman–Crippen MR) is 44.5 cm³/mol. The first-order valence-corrected chi connectivity index (χ1v) is 4.32. The molecule has 0 aromatic heterocycles. The van der Waals surface area contributed by atoms with Gasteiger partial charge in [0.25, 0.3) is 0 Å². The molecule has 0 amide bonds. The van der Waals surface area contributed by atoms with Gasteiger partial charge in [0.1, 0.15) is 0 Å². The van der Waals surface area contributed by atoms with Crippen molar-refractivity contribution >= 4 is 28.5 Å². The van der Waals surface area contributed by atoms with Crippen molar-refractivity contribution in [1.29, 1.82) is 0 Å². The molecule has 58 valence electrons. The highest BCUT2D eigenvalue weighted by Gasteiger charge is 1.89. The lowest BCUT2D eigenvalue weighted by Crippen LogP contribution is -2.55. The SMILES string of the molecule is [O-]B([O-])c1ccc(CBr)cc1. The maximum atomic E-state index is 10.4. The zero-order valence-corrected chi connectivity index (χ0v) is 7.37. The van der Waals surface area contributed by atoms with E-state index in [0.717, 1.165) is 10.9 Å². The van der Waals surface area contributed by atoms with E-state index in [0.29, 0.717) is 5.46 Å². The molecule has 0 aliphatic carbocycles. The molecule has 11 heavy (non-hydrogen) atoms. The van der Waals surface area contributed by atoms with Crippen LogP contribution >= 0.6 is 15.9 Å². The summed E-state index contributed by atoms with van der Waals surface area (Å²) in [5.41, 5.74) is 1.36. The fourth-order valence-corrected chi connectivity index (χ4v) is 1.14. The number of benzene rings is 1. The Labute approximate surface area is 74.1 Å². The highest BCUT2D eigenvalue weighted by atomic mass is 79.9. The third kappa shape index (κ3) is 2.32. The van der Waals surface area contributed by atoms with Gasteiger partial charge in [0.2, 0.25) is 0 Å². The van der Waals surface area contributed by atoms with Crippen molar-refractivity contribution in [2.45, 2.75) is 5.33 Å². The van der Waals surface area contributed by atoms with Gasteiger partial charge >= 0.3 is 0 Å². The summed E-state index contributed by atoms with van der Waals surface area (Å²) in [5.74, 6) is 0. The molecule has 0 atom stereocenters. The standard InChI is InChI=1S/C7H6BBrO2/c9-5-6-1-3-7(4-2-6)8(10)11/h1-4H,5H2/q-2. The van der Waals surface area contributed by atoms with E-state index in [1.165, 1.54) is 0 Å². The summed E-state index contributed by atoms with van der Waals surface area (Å²) in [6.45, 7) is 0. The van der Waals surface area contributed by atoms with Crippen molar-refractivity contribution in [2.75, 3.05) is 0 Å². The molecule has 0 radical (unpaired) electrons. The lowest BCUT2D eigenvalue weighted by atomic mass is 9.80. The van der Waals surface area contributed by atoms with Crippen LogP contribution in [0, 0.1) is 0 Å². The molecule has 0 heterocycles. The monoisotopic (exact) mass is 212 g/mol. The Morgan fingerprint density at radius 2 is 1.73 bits per heavy atom. The van der Waals surface area contributed by atoms with Gasteiger partial charge in [0.15, 0.2) is 0 Å². The number of hydrogen-bond acceptors (Lipinski definition) is 2. The van der Waals surface area contributed by atoms with E-state index >= 15 is 0 Å². The van der Waals surface area contributed by atoms with Crippen molar-refractivity contribution < 1.29 is 10.0 Å². The molecule has 1 aromatic carbocycles. The number of hydrogen-bond donors (Lipinski definition) is 0. The molecule has 0 saturated carbocycles. The van der Waals surface area contributed by atoms with E-state index in [1.54, 1.807) is 24.3 Å². The summed E-state index contributed by atoms with van der Waals surface area (Å²) in [4.78, 5) is 0. The van der Waals surface area contributed by atoms with Gasteiger partial charge in [-0.25, -0.2) is 0 Å². The largest absolute Gasteiger partial charge is 0.889 e. The molecule has 0 N–H and O–H groups in total. The van der Waals surface area contributed by atoms with Crippen LogP contribution in [0.2, 0.25) is 0 Å². The fourth-order valence-electron chi connectivity index (χ4n) is 0.764. The molecule has 0 aliphatic heterocycles. The third-order valence-electron chi connectivity index (χ3n) is 1.41. The Balaban J connectivity index is 2.83. The van der Waals surface area contributed by atoms with Gasteiger partial charge in [-0.15, -0.1) is 5.46 Å². The summed E-state index contributed by atoms with van der Waals surface area (Å²) in [6.07, 6.45) is 0. The molecule has 0 unspecified atom stereocenters. The smallest absolute Gasteiger partial charge is 0.0283 e. The van der Waals surface area contributed by atoms with Crippen molar-refractivity contribution in [3.63, 3.8) is 0 Å². The molecule has 1 rings (SSSR count). The minimum absolute atomic E-state index is 0.301. The minimum atomic E-state index is -1.86. The average molecular weight is 213 g/mol. The first-order chi connectivity index (χ1) is 5.24. The quantitative estimate of drug-likeness (QED) is 0.467. The van der Waals surface area contributed by atoms with Crippen LogP contribution in [0.4, 0.5) is 0 Å². The Bertz CT molecular complexity index is 222. The molecule has 4 heteroatoms. The third-order valence-corrected chi connectivity index (χ3v) is 2.05. The lowest BCUT2D eigenvalue weighted by Gasteiger charge is -2.26. The summed E-state index contributed by atoms with van der Waals surface area (Å²) in [7, 11) is -1.86. The van der Waals surface area contributed by atoms with Crippen LogP contribution in [0.3, 0.4) is 0 Å². The summed E-state index contributed by atoms with van der Waals surface area (Å²) in [6, 6.07) is 6.68. The minimum Gasteiger partial charge on any atom is -0.889 e. The summed E-state index contributed by atoms with van der Waals surface area (Å²) in [5, 5.41) is 21.5.